The summed E-state index contributed by atoms with van der Waals surface area (Å²) in [5, 5.41) is 9.03. The summed E-state index contributed by atoms with van der Waals surface area (Å²) in [6, 6.07) is 5.95. The van der Waals surface area contributed by atoms with Gasteiger partial charge in [-0.3, -0.25) is 9.48 Å². The predicted octanol–water partition coefficient (Wildman–Crippen LogP) is 2.21. The van der Waals surface area contributed by atoms with E-state index in [1.54, 1.807) is 22.2 Å². The van der Waals surface area contributed by atoms with Crippen LogP contribution >= 0.6 is 11.3 Å². The average molecular weight is 249 g/mol. The number of nitrogens with one attached hydrogen (secondary N) is 1. The maximum Gasteiger partial charge on any atom is 0.222 e. The molecule has 2 heterocycles. The molecule has 4 nitrogen and oxygen atoms in total. The highest BCUT2D eigenvalue weighted by Gasteiger charge is 2.10. The van der Waals surface area contributed by atoms with Crippen LogP contribution in [0.2, 0.25) is 0 Å². The second-order valence-corrected chi connectivity index (χ2v) is 4.93. The third kappa shape index (κ3) is 3.42. The molecule has 1 N–H and O–H groups in total. The van der Waals surface area contributed by atoms with Crippen molar-refractivity contribution in [1.29, 1.82) is 0 Å². The predicted molar refractivity (Wildman–Crippen MR) is 67.7 cm³/mol. The Labute approximate surface area is 104 Å². The van der Waals surface area contributed by atoms with E-state index in [1.807, 2.05) is 36.7 Å². The Balaban J connectivity index is 1.77. The van der Waals surface area contributed by atoms with E-state index in [-0.39, 0.29) is 11.9 Å². The minimum atomic E-state index is 0.0569. The summed E-state index contributed by atoms with van der Waals surface area (Å²) < 4.78 is 1.80. The average Bonchev–Trinajstić information content (AvgIpc) is 2.99. The van der Waals surface area contributed by atoms with Gasteiger partial charge in [-0.05, 0) is 24.4 Å². The van der Waals surface area contributed by atoms with E-state index in [0.717, 1.165) is 0 Å². The highest BCUT2D eigenvalue weighted by atomic mass is 32.1. The molecule has 0 fully saturated rings. The highest BCUT2D eigenvalue weighted by molar-refractivity contribution is 7.09. The second kappa shape index (κ2) is 5.63. The second-order valence-electron chi connectivity index (χ2n) is 3.90. The molecule has 17 heavy (non-hydrogen) atoms. The Morgan fingerprint density at radius 1 is 1.59 bits per heavy atom. The van der Waals surface area contributed by atoms with Crippen molar-refractivity contribution in [2.75, 3.05) is 0 Å². The van der Waals surface area contributed by atoms with Crippen LogP contribution < -0.4 is 5.32 Å². The van der Waals surface area contributed by atoms with E-state index in [4.69, 9.17) is 0 Å². The lowest BCUT2D eigenvalue weighted by Crippen LogP contribution is -2.25. The maximum absolute atomic E-state index is 11.7. The minimum Gasteiger partial charge on any atom is -0.351 e. The first-order valence-corrected chi connectivity index (χ1v) is 6.42. The SMILES string of the molecule is CC(CC(=O)NCc1cccs1)n1cccn1. The molecule has 1 unspecified atom stereocenters. The van der Waals surface area contributed by atoms with Gasteiger partial charge in [0, 0.05) is 23.7 Å². The molecular formula is C12H15N3OS. The fourth-order valence-electron chi connectivity index (χ4n) is 1.57. The number of aromatic nitrogens is 2. The van der Waals surface area contributed by atoms with Crippen molar-refractivity contribution in [3.05, 3.63) is 40.8 Å². The summed E-state index contributed by atoms with van der Waals surface area (Å²) in [5.74, 6) is 0.0569. The van der Waals surface area contributed by atoms with E-state index in [1.165, 1.54) is 4.88 Å². The van der Waals surface area contributed by atoms with E-state index < -0.39 is 0 Å². The zero-order valence-corrected chi connectivity index (χ0v) is 10.5. The number of hydrogen-bond donors (Lipinski definition) is 1. The van der Waals surface area contributed by atoms with Crippen LogP contribution in [0.3, 0.4) is 0 Å². The van der Waals surface area contributed by atoms with Gasteiger partial charge in [-0.1, -0.05) is 6.07 Å². The van der Waals surface area contributed by atoms with Crippen molar-refractivity contribution >= 4 is 17.2 Å². The van der Waals surface area contributed by atoms with Crippen LogP contribution in [0.5, 0.6) is 0 Å². The standard InChI is InChI=1S/C12H15N3OS/c1-10(15-6-3-5-14-15)8-12(16)13-9-11-4-2-7-17-11/h2-7,10H,8-9H2,1H3,(H,13,16). The van der Waals surface area contributed by atoms with Crippen molar-refractivity contribution < 1.29 is 4.79 Å². The van der Waals surface area contributed by atoms with Crippen molar-refractivity contribution in [3.8, 4) is 0 Å². The Bertz CT molecular complexity index is 450. The van der Waals surface area contributed by atoms with E-state index in [2.05, 4.69) is 10.4 Å². The molecule has 1 amide bonds. The van der Waals surface area contributed by atoms with Crippen LogP contribution in [-0.2, 0) is 11.3 Å². The number of rotatable bonds is 5. The summed E-state index contributed by atoms with van der Waals surface area (Å²) in [4.78, 5) is 12.9. The molecule has 1 atom stereocenters. The first-order chi connectivity index (χ1) is 8.25. The van der Waals surface area contributed by atoms with Gasteiger partial charge in [0.05, 0.1) is 12.6 Å². The molecule has 0 spiro atoms. The molecule has 0 aromatic carbocycles. The maximum atomic E-state index is 11.7. The Morgan fingerprint density at radius 3 is 3.12 bits per heavy atom. The van der Waals surface area contributed by atoms with Crippen LogP contribution in [0, 0.1) is 0 Å². The zero-order chi connectivity index (χ0) is 12.1. The van der Waals surface area contributed by atoms with E-state index in [0.29, 0.717) is 13.0 Å². The van der Waals surface area contributed by atoms with Gasteiger partial charge in [0.15, 0.2) is 0 Å². The van der Waals surface area contributed by atoms with Gasteiger partial charge in [-0.2, -0.15) is 5.10 Å². The molecule has 0 aliphatic heterocycles. The molecule has 2 rings (SSSR count). The van der Waals surface area contributed by atoms with Gasteiger partial charge in [0.2, 0.25) is 5.91 Å². The monoisotopic (exact) mass is 249 g/mol. The largest absolute Gasteiger partial charge is 0.351 e. The fraction of sp³-hybridized carbons (Fsp3) is 0.333. The lowest BCUT2D eigenvalue weighted by atomic mass is 10.2. The molecular weight excluding hydrogens is 234 g/mol. The van der Waals surface area contributed by atoms with Gasteiger partial charge < -0.3 is 5.32 Å². The lowest BCUT2D eigenvalue weighted by Gasteiger charge is -2.11. The summed E-state index contributed by atoms with van der Waals surface area (Å²) in [6.45, 7) is 2.60. The summed E-state index contributed by atoms with van der Waals surface area (Å²) in [6.07, 6.45) is 4.05. The third-order valence-electron chi connectivity index (χ3n) is 2.50. The molecule has 0 saturated heterocycles. The van der Waals surface area contributed by atoms with E-state index in [9.17, 15) is 4.79 Å². The number of nitrogens with zero attached hydrogens (tertiary/aromatic N) is 2. The fourth-order valence-corrected chi connectivity index (χ4v) is 2.22. The Morgan fingerprint density at radius 2 is 2.47 bits per heavy atom. The smallest absolute Gasteiger partial charge is 0.222 e. The van der Waals surface area contributed by atoms with Crippen LogP contribution in [0.25, 0.3) is 0 Å². The molecule has 90 valence electrons. The van der Waals surface area contributed by atoms with E-state index >= 15 is 0 Å². The normalized spacial score (nSPS) is 12.3. The lowest BCUT2D eigenvalue weighted by molar-refractivity contribution is -0.121. The number of thiophene rings is 1. The number of carbonyl (C=O) groups is 1. The quantitative estimate of drug-likeness (QED) is 0.883. The summed E-state index contributed by atoms with van der Waals surface area (Å²) >= 11 is 1.65. The summed E-state index contributed by atoms with van der Waals surface area (Å²) in [7, 11) is 0. The Kier molecular flexibility index (Phi) is 3.93. The highest BCUT2D eigenvalue weighted by Crippen LogP contribution is 2.10. The van der Waals surface area contributed by atoms with Crippen molar-refractivity contribution in [2.45, 2.75) is 25.9 Å². The van der Waals surface area contributed by atoms with Crippen LogP contribution in [-0.4, -0.2) is 15.7 Å². The van der Waals surface area contributed by atoms with Gasteiger partial charge in [0.1, 0.15) is 0 Å². The third-order valence-corrected chi connectivity index (χ3v) is 3.37. The van der Waals surface area contributed by atoms with Crippen LogP contribution in [0.4, 0.5) is 0 Å². The molecule has 5 heteroatoms. The molecule has 0 aliphatic rings. The first-order valence-electron chi connectivity index (χ1n) is 5.54. The summed E-state index contributed by atoms with van der Waals surface area (Å²) in [5.41, 5.74) is 0. The molecule has 0 saturated carbocycles. The van der Waals surface area contributed by atoms with Gasteiger partial charge in [-0.15, -0.1) is 11.3 Å². The van der Waals surface area contributed by atoms with Gasteiger partial charge in [0.25, 0.3) is 0 Å². The topological polar surface area (TPSA) is 46.9 Å². The van der Waals surface area contributed by atoms with Gasteiger partial charge >= 0.3 is 0 Å². The van der Waals surface area contributed by atoms with Crippen molar-refractivity contribution in [3.63, 3.8) is 0 Å². The molecule has 0 aliphatic carbocycles. The Hall–Kier alpha value is -1.62. The number of amides is 1. The molecule has 2 aromatic rings. The van der Waals surface area contributed by atoms with Crippen LogP contribution in [0.1, 0.15) is 24.3 Å². The van der Waals surface area contributed by atoms with Crippen molar-refractivity contribution in [2.24, 2.45) is 0 Å². The molecule has 0 bridgehead atoms. The molecule has 2 aromatic heterocycles. The van der Waals surface area contributed by atoms with Crippen molar-refractivity contribution in [1.82, 2.24) is 15.1 Å². The first kappa shape index (κ1) is 11.9. The molecule has 0 radical (unpaired) electrons. The minimum absolute atomic E-state index is 0.0569. The number of hydrogen-bond acceptors (Lipinski definition) is 3. The van der Waals surface area contributed by atoms with Crippen LogP contribution in [0.15, 0.2) is 36.0 Å². The number of carbonyl (C=O) groups excluding carboxylic acids is 1. The van der Waals surface area contributed by atoms with Gasteiger partial charge in [-0.25, -0.2) is 0 Å². The zero-order valence-electron chi connectivity index (χ0n) is 9.67.